The Morgan fingerprint density at radius 2 is 0.571 bits per heavy atom. The van der Waals surface area contributed by atoms with Crippen molar-refractivity contribution in [2.75, 3.05) is 0 Å². The molecule has 7 aromatic rings. The summed E-state index contributed by atoms with van der Waals surface area (Å²) in [5.41, 5.74) is 10.9. The zero-order valence-corrected chi connectivity index (χ0v) is 22.5. The van der Waals surface area contributed by atoms with E-state index in [1.54, 1.807) is 18.6 Å². The second kappa shape index (κ2) is 11.3. The number of hydrogen-bond acceptors (Lipinski definition) is 6. The predicted molar refractivity (Wildman–Crippen MR) is 166 cm³/mol. The van der Waals surface area contributed by atoms with Crippen LogP contribution in [0.5, 0.6) is 0 Å². The van der Waals surface area contributed by atoms with Gasteiger partial charge in [-0.15, -0.1) is 0 Å². The molecule has 0 aliphatic rings. The second-order valence-electron chi connectivity index (χ2n) is 9.75. The van der Waals surface area contributed by atoms with Gasteiger partial charge in [0.1, 0.15) is 0 Å². The van der Waals surface area contributed by atoms with Crippen molar-refractivity contribution in [1.82, 2.24) is 29.9 Å². The molecule has 0 spiro atoms. The summed E-state index contributed by atoms with van der Waals surface area (Å²) in [7, 11) is 0. The Morgan fingerprint density at radius 1 is 0.286 bits per heavy atom. The number of aromatic nitrogens is 6. The topological polar surface area (TPSA) is 77.3 Å². The van der Waals surface area contributed by atoms with Crippen LogP contribution >= 0.6 is 0 Å². The fourth-order valence-corrected chi connectivity index (χ4v) is 4.88. The quantitative estimate of drug-likeness (QED) is 0.212. The Morgan fingerprint density at radius 3 is 0.833 bits per heavy atom. The molecule has 0 amide bonds. The minimum absolute atomic E-state index is 0.853. The maximum absolute atomic E-state index is 5.02. The van der Waals surface area contributed by atoms with E-state index in [1.165, 1.54) is 0 Å². The summed E-state index contributed by atoms with van der Waals surface area (Å²) < 4.78 is 0. The van der Waals surface area contributed by atoms with E-state index in [-0.39, 0.29) is 0 Å². The van der Waals surface area contributed by atoms with Crippen LogP contribution in [0.25, 0.3) is 67.5 Å². The fraction of sp³-hybridized carbons (Fsp3) is 0. The average Bonchev–Trinajstić information content (AvgIpc) is 3.09. The number of benzene rings is 1. The lowest BCUT2D eigenvalue weighted by atomic mass is 9.98. The molecule has 0 N–H and O–H groups in total. The van der Waals surface area contributed by atoms with Crippen LogP contribution in [0.3, 0.4) is 0 Å². The van der Waals surface area contributed by atoms with Gasteiger partial charge in [-0.05, 0) is 91.0 Å². The molecule has 6 nitrogen and oxygen atoms in total. The molecule has 6 heterocycles. The summed E-state index contributed by atoms with van der Waals surface area (Å²) in [4.78, 5) is 27.9. The SMILES string of the molecule is c1cncc(-c2cccc(-c3cc(-c4cccc(-c5cccnc5)n4)cc(-c4cccc(-c5cccnc5)n4)c3)n2)c1. The average molecular weight is 541 g/mol. The second-order valence-corrected chi connectivity index (χ2v) is 9.75. The standard InChI is InChI=1S/C36H24N6/c1-10-31(25-7-4-16-37-22-25)40-34(13-1)28-19-29(35-14-2-11-32(41-35)26-8-5-17-38-23-26)21-30(20-28)36-15-3-12-33(42-36)27-9-6-18-39-24-27/h1-24H. The van der Waals surface area contributed by atoms with Crippen LogP contribution in [0.4, 0.5) is 0 Å². The molecule has 0 saturated carbocycles. The zero-order chi connectivity index (χ0) is 28.1. The maximum Gasteiger partial charge on any atom is 0.0725 e. The predicted octanol–water partition coefficient (Wildman–Crippen LogP) is 8.06. The highest BCUT2D eigenvalue weighted by atomic mass is 14.7. The Bertz CT molecular complexity index is 1730. The summed E-state index contributed by atoms with van der Waals surface area (Å²) in [6.45, 7) is 0. The first-order valence-corrected chi connectivity index (χ1v) is 13.6. The molecular weight excluding hydrogens is 516 g/mol. The summed E-state index contributed by atoms with van der Waals surface area (Å²) in [6, 6.07) is 36.4. The van der Waals surface area contributed by atoms with Crippen molar-refractivity contribution >= 4 is 0 Å². The highest BCUT2D eigenvalue weighted by Crippen LogP contribution is 2.33. The fourth-order valence-electron chi connectivity index (χ4n) is 4.88. The molecule has 7 rings (SSSR count). The first kappa shape index (κ1) is 25.1. The summed E-state index contributed by atoms with van der Waals surface area (Å²) in [5, 5.41) is 0. The van der Waals surface area contributed by atoms with E-state index >= 15 is 0 Å². The third kappa shape index (κ3) is 5.29. The van der Waals surface area contributed by atoms with Crippen molar-refractivity contribution in [2.45, 2.75) is 0 Å². The molecule has 0 atom stereocenters. The monoisotopic (exact) mass is 540 g/mol. The van der Waals surface area contributed by atoms with Gasteiger partial charge in [0.25, 0.3) is 0 Å². The van der Waals surface area contributed by atoms with Crippen molar-refractivity contribution in [3.05, 3.63) is 146 Å². The number of nitrogens with zero attached hydrogens (tertiary/aromatic N) is 6. The minimum atomic E-state index is 0.853. The van der Waals surface area contributed by atoms with Gasteiger partial charge in [0.05, 0.1) is 34.2 Å². The highest BCUT2D eigenvalue weighted by molar-refractivity contribution is 5.80. The lowest BCUT2D eigenvalue weighted by Crippen LogP contribution is -1.94. The molecule has 0 bridgehead atoms. The van der Waals surface area contributed by atoms with E-state index in [9.17, 15) is 0 Å². The Balaban J connectivity index is 1.38. The van der Waals surface area contributed by atoms with E-state index in [1.807, 2.05) is 110 Å². The summed E-state index contributed by atoms with van der Waals surface area (Å²) in [5.74, 6) is 0. The lowest BCUT2D eigenvalue weighted by Gasteiger charge is -2.12. The van der Waals surface area contributed by atoms with Crippen molar-refractivity contribution in [3.8, 4) is 67.5 Å². The van der Waals surface area contributed by atoms with Gasteiger partial charge in [0, 0.05) is 70.6 Å². The van der Waals surface area contributed by atoms with Gasteiger partial charge in [-0.25, -0.2) is 15.0 Å². The molecule has 0 radical (unpaired) electrons. The van der Waals surface area contributed by atoms with Crippen LogP contribution in [0.15, 0.2) is 146 Å². The summed E-state index contributed by atoms with van der Waals surface area (Å²) >= 11 is 0. The van der Waals surface area contributed by atoms with Crippen molar-refractivity contribution in [3.63, 3.8) is 0 Å². The van der Waals surface area contributed by atoms with Gasteiger partial charge < -0.3 is 0 Å². The maximum atomic E-state index is 5.02. The molecule has 42 heavy (non-hydrogen) atoms. The Labute approximate surface area is 243 Å². The molecule has 0 aliphatic carbocycles. The van der Waals surface area contributed by atoms with Gasteiger partial charge in [0.15, 0.2) is 0 Å². The molecule has 0 aliphatic heterocycles. The largest absolute Gasteiger partial charge is 0.264 e. The zero-order valence-electron chi connectivity index (χ0n) is 22.5. The van der Waals surface area contributed by atoms with Crippen LogP contribution in [0.2, 0.25) is 0 Å². The van der Waals surface area contributed by atoms with Crippen LogP contribution < -0.4 is 0 Å². The van der Waals surface area contributed by atoms with E-state index in [0.29, 0.717) is 0 Å². The minimum Gasteiger partial charge on any atom is -0.264 e. The van der Waals surface area contributed by atoms with Gasteiger partial charge >= 0.3 is 0 Å². The Kier molecular flexibility index (Phi) is 6.76. The highest BCUT2D eigenvalue weighted by Gasteiger charge is 2.13. The van der Waals surface area contributed by atoms with Gasteiger partial charge in [-0.3, -0.25) is 15.0 Å². The molecule has 1 aromatic carbocycles. The third-order valence-corrected chi connectivity index (χ3v) is 6.94. The molecule has 0 saturated heterocycles. The number of hydrogen-bond donors (Lipinski definition) is 0. The van der Waals surface area contributed by atoms with E-state index < -0.39 is 0 Å². The normalized spacial score (nSPS) is 10.9. The molecule has 6 aromatic heterocycles. The van der Waals surface area contributed by atoms with Crippen molar-refractivity contribution < 1.29 is 0 Å². The summed E-state index contributed by atoms with van der Waals surface area (Å²) in [6.07, 6.45) is 10.8. The van der Waals surface area contributed by atoms with Gasteiger partial charge in [-0.1, -0.05) is 18.2 Å². The molecule has 6 heteroatoms. The molecule has 198 valence electrons. The van der Waals surface area contributed by atoms with E-state index in [2.05, 4.69) is 33.2 Å². The van der Waals surface area contributed by atoms with Crippen LogP contribution in [-0.2, 0) is 0 Å². The van der Waals surface area contributed by atoms with Gasteiger partial charge in [-0.2, -0.15) is 0 Å². The van der Waals surface area contributed by atoms with E-state index in [4.69, 9.17) is 15.0 Å². The molecular formula is C36H24N6. The molecule has 0 fully saturated rings. The first-order chi connectivity index (χ1) is 20.8. The first-order valence-electron chi connectivity index (χ1n) is 13.6. The smallest absolute Gasteiger partial charge is 0.0725 e. The van der Waals surface area contributed by atoms with Crippen LogP contribution in [-0.4, -0.2) is 29.9 Å². The van der Waals surface area contributed by atoms with Crippen LogP contribution in [0, 0.1) is 0 Å². The third-order valence-electron chi connectivity index (χ3n) is 6.94. The van der Waals surface area contributed by atoms with Crippen molar-refractivity contribution in [2.24, 2.45) is 0 Å². The van der Waals surface area contributed by atoms with Gasteiger partial charge in [0.2, 0.25) is 0 Å². The number of rotatable bonds is 6. The van der Waals surface area contributed by atoms with Crippen molar-refractivity contribution in [1.29, 1.82) is 0 Å². The Hall–Kier alpha value is -5.88. The van der Waals surface area contributed by atoms with Crippen LogP contribution in [0.1, 0.15) is 0 Å². The number of pyridine rings is 6. The molecule has 0 unspecified atom stereocenters. The van der Waals surface area contributed by atoms with E-state index in [0.717, 1.165) is 67.5 Å². The lowest BCUT2D eigenvalue weighted by molar-refractivity contribution is 1.26.